The summed E-state index contributed by atoms with van der Waals surface area (Å²) in [7, 11) is 0. The number of hydrogen-bond donors (Lipinski definition) is 0. The quantitative estimate of drug-likeness (QED) is 0.581. The lowest BCUT2D eigenvalue weighted by molar-refractivity contribution is 0.275. The van der Waals surface area contributed by atoms with Crippen molar-refractivity contribution >= 4 is 0 Å². The minimum Gasteiger partial charge on any atom is -0.303 e. The summed E-state index contributed by atoms with van der Waals surface area (Å²) in [5.41, 5.74) is 0. The standard InChI is InChI=1S/C9H21N.C5H12.CH4/c1-4-7-10(8-5-2)9-6-3;1-4-5(2)3;/h4-9H2,1-3H3;5H,4H2,1-3H3;1H4. The van der Waals surface area contributed by atoms with Gasteiger partial charge in [0.25, 0.3) is 0 Å². The normalized spacial score (nSPS) is 9.75. The van der Waals surface area contributed by atoms with Crippen LogP contribution in [-0.4, -0.2) is 24.5 Å². The van der Waals surface area contributed by atoms with E-state index in [1.807, 2.05) is 0 Å². The molecule has 0 N–H and O–H groups in total. The van der Waals surface area contributed by atoms with Gasteiger partial charge in [0.15, 0.2) is 0 Å². The van der Waals surface area contributed by atoms with E-state index in [4.69, 9.17) is 0 Å². The van der Waals surface area contributed by atoms with Crippen LogP contribution in [0.2, 0.25) is 0 Å². The van der Waals surface area contributed by atoms with Gasteiger partial charge in [-0.2, -0.15) is 0 Å². The lowest BCUT2D eigenvalue weighted by atomic mass is 10.2. The van der Waals surface area contributed by atoms with Gasteiger partial charge in [0.05, 0.1) is 0 Å². The maximum absolute atomic E-state index is 2.54. The molecule has 1 nitrogen and oxygen atoms in total. The van der Waals surface area contributed by atoms with Crippen LogP contribution < -0.4 is 0 Å². The minimum atomic E-state index is 0. The maximum atomic E-state index is 2.54. The van der Waals surface area contributed by atoms with Crippen LogP contribution in [0.15, 0.2) is 0 Å². The summed E-state index contributed by atoms with van der Waals surface area (Å²) in [6, 6.07) is 0. The highest BCUT2D eigenvalue weighted by molar-refractivity contribution is 4.53. The molecule has 0 amide bonds. The Morgan fingerprint density at radius 3 is 1.12 bits per heavy atom. The second-order valence-corrected chi connectivity index (χ2v) is 4.64. The van der Waals surface area contributed by atoms with Crippen molar-refractivity contribution < 1.29 is 0 Å². The van der Waals surface area contributed by atoms with Crippen LogP contribution in [0, 0.1) is 5.92 Å². The molecule has 0 aliphatic heterocycles. The van der Waals surface area contributed by atoms with Crippen LogP contribution in [0.4, 0.5) is 0 Å². The summed E-state index contributed by atoms with van der Waals surface area (Å²) in [6.07, 6.45) is 5.18. The van der Waals surface area contributed by atoms with Gasteiger partial charge in [-0.25, -0.2) is 0 Å². The van der Waals surface area contributed by atoms with Gasteiger partial charge in [-0.1, -0.05) is 55.4 Å². The van der Waals surface area contributed by atoms with Gasteiger partial charge in [-0.05, 0) is 44.8 Å². The molecule has 0 atom stereocenters. The monoisotopic (exact) mass is 231 g/mol. The van der Waals surface area contributed by atoms with Crippen LogP contribution in [0.25, 0.3) is 0 Å². The second kappa shape index (κ2) is 17.4. The van der Waals surface area contributed by atoms with E-state index in [9.17, 15) is 0 Å². The second-order valence-electron chi connectivity index (χ2n) is 4.64. The summed E-state index contributed by atoms with van der Waals surface area (Å²) in [4.78, 5) is 2.54. The molecule has 0 aliphatic carbocycles. The van der Waals surface area contributed by atoms with Gasteiger partial charge in [0.1, 0.15) is 0 Å². The van der Waals surface area contributed by atoms with Crippen molar-refractivity contribution in [1.29, 1.82) is 0 Å². The van der Waals surface area contributed by atoms with Crippen molar-refractivity contribution in [3.05, 3.63) is 0 Å². The van der Waals surface area contributed by atoms with Gasteiger partial charge in [0.2, 0.25) is 0 Å². The molecular formula is C15H37N. The molecule has 0 aromatic rings. The first-order valence-electron chi connectivity index (χ1n) is 6.84. The Hall–Kier alpha value is -0.0400. The Morgan fingerprint density at radius 1 is 0.750 bits per heavy atom. The first-order chi connectivity index (χ1) is 7.12. The zero-order chi connectivity index (χ0) is 12.1. The highest BCUT2D eigenvalue weighted by Gasteiger charge is 1.98. The van der Waals surface area contributed by atoms with Gasteiger partial charge in [0, 0.05) is 0 Å². The third-order valence-corrected chi connectivity index (χ3v) is 2.44. The van der Waals surface area contributed by atoms with E-state index >= 15 is 0 Å². The average molecular weight is 231 g/mol. The SMILES string of the molecule is C.CCC(C)C.CCCN(CCC)CCC. The lowest BCUT2D eigenvalue weighted by Gasteiger charge is -2.19. The van der Waals surface area contributed by atoms with Crippen molar-refractivity contribution in [2.75, 3.05) is 19.6 Å². The van der Waals surface area contributed by atoms with E-state index in [-0.39, 0.29) is 7.43 Å². The van der Waals surface area contributed by atoms with Crippen molar-refractivity contribution in [1.82, 2.24) is 4.90 Å². The molecule has 0 saturated carbocycles. The zero-order valence-corrected chi connectivity index (χ0v) is 12.0. The van der Waals surface area contributed by atoms with Gasteiger partial charge in [-0.15, -0.1) is 0 Å². The predicted molar refractivity (Wildman–Crippen MR) is 79.2 cm³/mol. The molecule has 0 saturated heterocycles. The van der Waals surface area contributed by atoms with Crippen LogP contribution in [0.5, 0.6) is 0 Å². The van der Waals surface area contributed by atoms with Crippen LogP contribution in [0.1, 0.15) is 74.7 Å². The maximum Gasteiger partial charge on any atom is -0.00214 e. The fraction of sp³-hybridized carbons (Fsp3) is 1.00. The first-order valence-corrected chi connectivity index (χ1v) is 6.84. The number of rotatable bonds is 7. The van der Waals surface area contributed by atoms with Crippen molar-refractivity contribution in [3.8, 4) is 0 Å². The van der Waals surface area contributed by atoms with Crippen molar-refractivity contribution in [2.45, 2.75) is 74.7 Å². The molecule has 0 fully saturated rings. The fourth-order valence-corrected chi connectivity index (χ4v) is 1.28. The Kier molecular flexibility index (Phi) is 23.1. The third-order valence-electron chi connectivity index (χ3n) is 2.44. The molecule has 0 aromatic heterocycles. The fourth-order valence-electron chi connectivity index (χ4n) is 1.28. The molecule has 0 bridgehead atoms. The van der Waals surface area contributed by atoms with Gasteiger partial charge in [-0.3, -0.25) is 0 Å². The van der Waals surface area contributed by atoms with E-state index < -0.39 is 0 Å². The van der Waals surface area contributed by atoms with Gasteiger partial charge >= 0.3 is 0 Å². The summed E-state index contributed by atoms with van der Waals surface area (Å²) < 4.78 is 0. The smallest absolute Gasteiger partial charge is 0.00214 e. The first kappa shape index (κ1) is 21.3. The Labute approximate surface area is 106 Å². The molecule has 0 spiro atoms. The molecule has 16 heavy (non-hydrogen) atoms. The van der Waals surface area contributed by atoms with Gasteiger partial charge < -0.3 is 4.90 Å². The highest BCUT2D eigenvalue weighted by atomic mass is 15.1. The molecule has 0 aromatic carbocycles. The Balaban J connectivity index is -0.000000242. The van der Waals surface area contributed by atoms with E-state index in [2.05, 4.69) is 46.4 Å². The molecule has 0 rings (SSSR count). The van der Waals surface area contributed by atoms with E-state index in [1.54, 1.807) is 0 Å². The Morgan fingerprint density at radius 2 is 1.00 bits per heavy atom. The van der Waals surface area contributed by atoms with Crippen LogP contribution in [-0.2, 0) is 0 Å². The molecular weight excluding hydrogens is 194 g/mol. The molecule has 102 valence electrons. The summed E-state index contributed by atoms with van der Waals surface area (Å²) in [6.45, 7) is 17.2. The van der Waals surface area contributed by atoms with E-state index in [0.717, 1.165) is 5.92 Å². The molecule has 0 radical (unpaired) electrons. The topological polar surface area (TPSA) is 3.24 Å². The van der Waals surface area contributed by atoms with Crippen molar-refractivity contribution in [3.63, 3.8) is 0 Å². The average Bonchev–Trinajstić information content (AvgIpc) is 2.20. The number of nitrogens with zero attached hydrogens (tertiary/aromatic N) is 1. The molecule has 0 unspecified atom stereocenters. The van der Waals surface area contributed by atoms with Crippen LogP contribution in [0.3, 0.4) is 0 Å². The Bertz CT molecular complexity index is 85.3. The van der Waals surface area contributed by atoms with Crippen molar-refractivity contribution in [2.24, 2.45) is 5.92 Å². The predicted octanol–water partition coefficient (Wildman–Crippen LogP) is 5.21. The minimum absolute atomic E-state index is 0. The summed E-state index contributed by atoms with van der Waals surface area (Å²) in [5, 5.41) is 0. The lowest BCUT2D eigenvalue weighted by Crippen LogP contribution is -2.25. The van der Waals surface area contributed by atoms with E-state index in [1.165, 1.54) is 45.3 Å². The summed E-state index contributed by atoms with van der Waals surface area (Å²) in [5.74, 6) is 0.884. The highest BCUT2D eigenvalue weighted by Crippen LogP contribution is 1.95. The molecule has 0 aliphatic rings. The largest absolute Gasteiger partial charge is 0.303 e. The zero-order valence-electron chi connectivity index (χ0n) is 12.0. The van der Waals surface area contributed by atoms with E-state index in [0.29, 0.717) is 0 Å². The molecule has 1 heteroatoms. The molecule has 0 heterocycles. The van der Waals surface area contributed by atoms with Crippen LogP contribution >= 0.6 is 0 Å². The number of hydrogen-bond acceptors (Lipinski definition) is 1. The summed E-state index contributed by atoms with van der Waals surface area (Å²) >= 11 is 0. The third kappa shape index (κ3) is 19.5.